The highest BCUT2D eigenvalue weighted by atomic mass is 19.1. The number of halogens is 1. The Labute approximate surface area is 187 Å². The predicted molar refractivity (Wildman–Crippen MR) is 131 cm³/mol. The number of ether oxygens (including phenoxy) is 1. The first-order chi connectivity index (χ1) is 14.9. The minimum Gasteiger partial charge on any atom is -0.497 e. The van der Waals surface area contributed by atoms with Gasteiger partial charge in [0, 0.05) is 34.8 Å². The second-order valence-corrected chi connectivity index (χ2v) is 7.26. The molecule has 31 heavy (non-hydrogen) atoms. The first-order valence-corrected chi connectivity index (χ1v) is 11.2. The highest BCUT2D eigenvalue weighted by molar-refractivity contribution is 6.16. The van der Waals surface area contributed by atoms with Crippen molar-refractivity contribution in [2.75, 3.05) is 13.7 Å². The monoisotopic (exact) mass is 427 g/mol. The Morgan fingerprint density at radius 3 is 2.29 bits per heavy atom. The van der Waals surface area contributed by atoms with E-state index in [-0.39, 0.29) is 0 Å². The van der Waals surface area contributed by atoms with Crippen molar-refractivity contribution in [2.24, 2.45) is 16.6 Å². The highest BCUT2D eigenvalue weighted by Crippen LogP contribution is 2.30. The second kappa shape index (κ2) is 13.6. The molecule has 0 bridgehead atoms. The topological polar surface area (TPSA) is 60.5 Å². The summed E-state index contributed by atoms with van der Waals surface area (Å²) >= 11 is 0. The first kappa shape index (κ1) is 26.3. The lowest BCUT2D eigenvalue weighted by Crippen LogP contribution is -2.11. The molecule has 0 saturated heterocycles. The number of aliphatic imine (C=N–C) groups is 1. The number of aromatic nitrogens is 1. The molecule has 1 unspecified atom stereocenters. The smallest absolute Gasteiger partial charge is 0.123 e. The quantitative estimate of drug-likeness (QED) is 0.575. The van der Waals surface area contributed by atoms with Gasteiger partial charge in [0.05, 0.1) is 19.4 Å². The summed E-state index contributed by atoms with van der Waals surface area (Å²) in [6.07, 6.45) is 6.77. The maximum Gasteiger partial charge on any atom is 0.123 e. The Morgan fingerprint density at radius 1 is 1.06 bits per heavy atom. The van der Waals surface area contributed by atoms with Crippen LogP contribution in [0.2, 0.25) is 0 Å². The van der Waals surface area contributed by atoms with Crippen LogP contribution < -0.4 is 10.5 Å². The fourth-order valence-electron chi connectivity index (χ4n) is 2.99. The molecule has 170 valence electrons. The summed E-state index contributed by atoms with van der Waals surface area (Å²) in [6.45, 7) is 12.7. The van der Waals surface area contributed by atoms with Gasteiger partial charge in [-0.1, -0.05) is 47.5 Å². The molecule has 1 aliphatic heterocycles. The van der Waals surface area contributed by atoms with E-state index >= 15 is 0 Å². The Hall–Kier alpha value is -2.69. The molecule has 5 heteroatoms. The predicted octanol–water partition coefficient (Wildman–Crippen LogP) is 6.74. The molecule has 0 saturated carbocycles. The van der Waals surface area contributed by atoms with Crippen LogP contribution in [0.4, 0.5) is 4.39 Å². The van der Waals surface area contributed by atoms with Crippen LogP contribution in [-0.2, 0) is 0 Å². The summed E-state index contributed by atoms with van der Waals surface area (Å²) in [6, 6.07) is 7.23. The van der Waals surface area contributed by atoms with Gasteiger partial charge in [0.2, 0.25) is 0 Å². The number of methoxy groups -OCH3 is 1. The molecule has 0 fully saturated rings. The van der Waals surface area contributed by atoms with Crippen molar-refractivity contribution in [1.29, 1.82) is 0 Å². The van der Waals surface area contributed by atoms with E-state index in [0.29, 0.717) is 23.6 Å². The molecule has 2 heterocycles. The SMILES string of the molecule is CC.CCC(C)CC.COc1ccc(C2=NCC=C(N)c3cnccc32)c(C(C)F)c1. The lowest BCUT2D eigenvalue weighted by Gasteiger charge is -2.16. The van der Waals surface area contributed by atoms with Crippen molar-refractivity contribution < 1.29 is 9.13 Å². The van der Waals surface area contributed by atoms with Crippen molar-refractivity contribution >= 4 is 11.4 Å². The second-order valence-electron chi connectivity index (χ2n) is 7.26. The van der Waals surface area contributed by atoms with Gasteiger partial charge in [-0.3, -0.25) is 9.98 Å². The summed E-state index contributed by atoms with van der Waals surface area (Å²) in [7, 11) is 1.57. The van der Waals surface area contributed by atoms with Crippen molar-refractivity contribution in [3.05, 3.63) is 65.0 Å². The molecule has 1 aliphatic rings. The van der Waals surface area contributed by atoms with Gasteiger partial charge in [0.25, 0.3) is 0 Å². The minimum atomic E-state index is -1.14. The largest absolute Gasteiger partial charge is 0.497 e. The van der Waals surface area contributed by atoms with Crippen LogP contribution >= 0.6 is 0 Å². The molecule has 2 N–H and O–H groups in total. The number of benzene rings is 1. The van der Waals surface area contributed by atoms with E-state index in [1.165, 1.54) is 19.8 Å². The van der Waals surface area contributed by atoms with E-state index in [0.717, 1.165) is 28.3 Å². The first-order valence-electron chi connectivity index (χ1n) is 11.2. The summed E-state index contributed by atoms with van der Waals surface area (Å²) < 4.78 is 19.4. The molecule has 1 aromatic carbocycles. The molecule has 3 rings (SSSR count). The zero-order valence-corrected chi connectivity index (χ0v) is 20.1. The van der Waals surface area contributed by atoms with Gasteiger partial charge in [0.15, 0.2) is 0 Å². The van der Waals surface area contributed by atoms with Crippen molar-refractivity contribution in [1.82, 2.24) is 4.98 Å². The Kier molecular flexibility index (Phi) is 11.5. The highest BCUT2D eigenvalue weighted by Gasteiger charge is 2.20. The summed E-state index contributed by atoms with van der Waals surface area (Å²) in [4.78, 5) is 8.74. The number of alkyl halides is 1. The van der Waals surface area contributed by atoms with Crippen LogP contribution in [0.1, 0.15) is 82.8 Å². The fraction of sp³-hybridized carbons (Fsp3) is 0.462. The lowest BCUT2D eigenvalue weighted by molar-refractivity contribution is 0.369. The Balaban J connectivity index is 0.000000521. The number of fused-ring (bicyclic) bond motifs is 1. The van der Waals surface area contributed by atoms with E-state index < -0.39 is 6.17 Å². The Bertz CT molecular complexity index is 871. The van der Waals surface area contributed by atoms with E-state index in [9.17, 15) is 4.39 Å². The summed E-state index contributed by atoms with van der Waals surface area (Å²) in [5.74, 6) is 1.56. The molecular formula is C26H38FN3O. The fourth-order valence-corrected chi connectivity index (χ4v) is 2.99. The standard InChI is InChI=1S/C18H18FN3O.C6H14.C2H6/c1-11(19)15-9-12(23-2)3-4-13(15)18-14-5-7-21-10-16(14)17(20)6-8-22-18;1-4-6(3)5-2;1-2/h3-7,9-11H,8,20H2,1-2H3;6H,4-5H2,1-3H3;1-2H3. The van der Waals surface area contributed by atoms with Crippen molar-refractivity contribution in [2.45, 2.75) is 60.6 Å². The zero-order valence-electron chi connectivity index (χ0n) is 20.1. The molecule has 4 nitrogen and oxygen atoms in total. The average Bonchev–Trinajstić information content (AvgIpc) is 2.98. The molecular weight excluding hydrogens is 389 g/mol. The summed E-state index contributed by atoms with van der Waals surface area (Å²) in [5, 5.41) is 0. The molecule has 0 radical (unpaired) electrons. The van der Waals surface area contributed by atoms with Crippen LogP contribution in [-0.4, -0.2) is 24.4 Å². The number of rotatable bonds is 5. The van der Waals surface area contributed by atoms with Crippen LogP contribution in [0.25, 0.3) is 5.70 Å². The van der Waals surface area contributed by atoms with Crippen LogP contribution in [0.5, 0.6) is 5.75 Å². The third kappa shape index (κ3) is 7.20. The minimum absolute atomic E-state index is 0.446. The van der Waals surface area contributed by atoms with E-state index in [1.807, 2.05) is 38.1 Å². The van der Waals surface area contributed by atoms with Gasteiger partial charge >= 0.3 is 0 Å². The van der Waals surface area contributed by atoms with Gasteiger partial charge in [-0.2, -0.15) is 0 Å². The molecule has 2 aromatic rings. The summed E-state index contributed by atoms with van der Waals surface area (Å²) in [5.41, 5.74) is 10.4. The molecule has 0 spiro atoms. The molecule has 0 amide bonds. The average molecular weight is 428 g/mol. The van der Waals surface area contributed by atoms with Gasteiger partial charge in [-0.25, -0.2) is 4.39 Å². The van der Waals surface area contributed by atoms with Crippen molar-refractivity contribution in [3.63, 3.8) is 0 Å². The van der Waals surface area contributed by atoms with Crippen LogP contribution in [0.3, 0.4) is 0 Å². The maximum atomic E-state index is 14.2. The van der Waals surface area contributed by atoms with Gasteiger partial charge in [-0.15, -0.1) is 0 Å². The van der Waals surface area contributed by atoms with Gasteiger partial charge < -0.3 is 10.5 Å². The number of nitrogens with zero attached hydrogens (tertiary/aromatic N) is 2. The maximum absolute atomic E-state index is 14.2. The number of nitrogens with two attached hydrogens (primary N) is 1. The van der Waals surface area contributed by atoms with Gasteiger partial charge in [-0.05, 0) is 48.7 Å². The van der Waals surface area contributed by atoms with Crippen LogP contribution in [0.15, 0.2) is 47.7 Å². The number of hydrogen-bond acceptors (Lipinski definition) is 4. The van der Waals surface area contributed by atoms with Crippen LogP contribution in [0, 0.1) is 5.92 Å². The normalized spacial score (nSPS) is 13.3. The molecule has 1 atom stereocenters. The van der Waals surface area contributed by atoms with Crippen molar-refractivity contribution in [3.8, 4) is 5.75 Å². The van der Waals surface area contributed by atoms with E-state index in [1.54, 1.807) is 25.6 Å². The van der Waals surface area contributed by atoms with E-state index in [4.69, 9.17) is 10.5 Å². The van der Waals surface area contributed by atoms with Gasteiger partial charge in [0.1, 0.15) is 11.9 Å². The van der Waals surface area contributed by atoms with E-state index in [2.05, 4.69) is 30.7 Å². The number of pyridine rings is 1. The number of hydrogen-bond donors (Lipinski definition) is 1. The molecule has 1 aromatic heterocycles. The third-order valence-corrected chi connectivity index (χ3v) is 5.28. The molecule has 0 aliphatic carbocycles. The zero-order chi connectivity index (χ0) is 23.4. The third-order valence-electron chi connectivity index (χ3n) is 5.28. The Morgan fingerprint density at radius 2 is 1.74 bits per heavy atom. The lowest BCUT2D eigenvalue weighted by atomic mass is 9.93.